The molecule has 0 bridgehead atoms. The van der Waals surface area contributed by atoms with Crippen LogP contribution < -0.4 is 10.6 Å². The Hall–Kier alpha value is -2.88. The number of anilines is 4. The molecule has 4 heteroatoms. The lowest BCUT2D eigenvalue weighted by atomic mass is 10.2. The number of nitrogens with zero attached hydrogens (tertiary/aromatic N) is 3. The molecule has 0 saturated heterocycles. The van der Waals surface area contributed by atoms with Crippen LogP contribution in [0, 0.1) is 0 Å². The summed E-state index contributed by atoms with van der Waals surface area (Å²) < 4.78 is 0. The highest BCUT2D eigenvalue weighted by molar-refractivity contribution is 5.80. The first kappa shape index (κ1) is 12.2. The summed E-state index contributed by atoms with van der Waals surface area (Å²) in [4.78, 5) is 10.7. The van der Waals surface area contributed by atoms with E-state index in [1.54, 1.807) is 12.4 Å². The molecule has 0 amide bonds. The van der Waals surface area contributed by atoms with Gasteiger partial charge in [-0.1, -0.05) is 24.3 Å². The summed E-state index contributed by atoms with van der Waals surface area (Å²) in [5.74, 6) is 1.56. The molecule has 0 atom stereocenters. The third-order valence-corrected chi connectivity index (χ3v) is 2.93. The van der Waals surface area contributed by atoms with E-state index in [-0.39, 0.29) is 0 Å². The van der Waals surface area contributed by atoms with Gasteiger partial charge in [0.05, 0.1) is 11.4 Å². The number of nitrogens with two attached hydrogens (primary N) is 1. The van der Waals surface area contributed by atoms with Crippen molar-refractivity contribution in [2.45, 2.75) is 0 Å². The highest BCUT2D eigenvalue weighted by Crippen LogP contribution is 2.34. The van der Waals surface area contributed by atoms with Crippen molar-refractivity contribution in [3.8, 4) is 0 Å². The molecule has 0 aliphatic rings. The Morgan fingerprint density at radius 3 is 1.75 bits per heavy atom. The minimum absolute atomic E-state index is 0.684. The molecule has 3 aromatic rings. The Morgan fingerprint density at radius 2 is 1.25 bits per heavy atom. The first-order valence-corrected chi connectivity index (χ1v) is 6.33. The smallest absolute Gasteiger partial charge is 0.138 e. The van der Waals surface area contributed by atoms with Crippen molar-refractivity contribution < 1.29 is 0 Å². The molecular weight excluding hydrogens is 248 g/mol. The van der Waals surface area contributed by atoms with Gasteiger partial charge in [-0.2, -0.15) is 0 Å². The third kappa shape index (κ3) is 2.31. The molecule has 0 radical (unpaired) electrons. The monoisotopic (exact) mass is 262 g/mol. The SMILES string of the molecule is Nc1ccccc1N(c1ccccn1)c1ccccn1. The minimum Gasteiger partial charge on any atom is -0.397 e. The van der Waals surface area contributed by atoms with Crippen molar-refractivity contribution in [3.63, 3.8) is 0 Å². The van der Waals surface area contributed by atoms with E-state index in [1.165, 1.54) is 0 Å². The molecule has 0 fully saturated rings. The molecule has 2 aromatic heterocycles. The number of rotatable bonds is 3. The summed E-state index contributed by atoms with van der Waals surface area (Å²) >= 11 is 0. The van der Waals surface area contributed by atoms with Crippen LogP contribution in [0.15, 0.2) is 73.1 Å². The van der Waals surface area contributed by atoms with Gasteiger partial charge in [0, 0.05) is 12.4 Å². The largest absolute Gasteiger partial charge is 0.397 e. The lowest BCUT2D eigenvalue weighted by Crippen LogP contribution is -2.14. The maximum Gasteiger partial charge on any atom is 0.138 e. The predicted molar refractivity (Wildman–Crippen MR) is 81.1 cm³/mol. The van der Waals surface area contributed by atoms with Gasteiger partial charge in [-0.15, -0.1) is 0 Å². The Kier molecular flexibility index (Phi) is 3.29. The molecular formula is C16H14N4. The van der Waals surface area contributed by atoms with E-state index in [9.17, 15) is 0 Å². The number of aromatic nitrogens is 2. The maximum atomic E-state index is 6.10. The second kappa shape index (κ2) is 5.40. The maximum absolute atomic E-state index is 6.10. The zero-order valence-electron chi connectivity index (χ0n) is 10.8. The molecule has 0 aliphatic heterocycles. The molecule has 98 valence electrons. The highest BCUT2D eigenvalue weighted by Gasteiger charge is 2.15. The summed E-state index contributed by atoms with van der Waals surface area (Å²) in [6, 6.07) is 19.2. The van der Waals surface area contributed by atoms with E-state index in [0.717, 1.165) is 17.3 Å². The fourth-order valence-corrected chi connectivity index (χ4v) is 2.03. The quantitative estimate of drug-likeness (QED) is 0.734. The molecule has 0 saturated carbocycles. The Balaban J connectivity index is 2.17. The van der Waals surface area contributed by atoms with Gasteiger partial charge in [-0.3, -0.25) is 4.90 Å². The number of pyridine rings is 2. The molecule has 4 nitrogen and oxygen atoms in total. The number of benzene rings is 1. The van der Waals surface area contributed by atoms with Gasteiger partial charge < -0.3 is 5.73 Å². The van der Waals surface area contributed by atoms with Gasteiger partial charge in [0.25, 0.3) is 0 Å². The fraction of sp³-hybridized carbons (Fsp3) is 0. The molecule has 2 N–H and O–H groups in total. The average molecular weight is 262 g/mol. The number of hydrogen-bond acceptors (Lipinski definition) is 4. The summed E-state index contributed by atoms with van der Waals surface area (Å²) in [7, 11) is 0. The zero-order chi connectivity index (χ0) is 13.8. The normalized spacial score (nSPS) is 10.2. The van der Waals surface area contributed by atoms with Crippen molar-refractivity contribution >= 4 is 23.0 Å². The van der Waals surface area contributed by atoms with Gasteiger partial charge >= 0.3 is 0 Å². The van der Waals surface area contributed by atoms with Crippen molar-refractivity contribution in [1.29, 1.82) is 0 Å². The van der Waals surface area contributed by atoms with Gasteiger partial charge in [0.15, 0.2) is 0 Å². The molecule has 20 heavy (non-hydrogen) atoms. The van der Waals surface area contributed by atoms with E-state index in [1.807, 2.05) is 65.6 Å². The van der Waals surface area contributed by atoms with Crippen LogP contribution in [0.3, 0.4) is 0 Å². The summed E-state index contributed by atoms with van der Waals surface area (Å²) in [6.07, 6.45) is 3.51. The molecule has 0 unspecified atom stereocenters. The summed E-state index contributed by atoms with van der Waals surface area (Å²) in [6.45, 7) is 0. The minimum atomic E-state index is 0.684. The average Bonchev–Trinajstić information content (AvgIpc) is 2.52. The van der Waals surface area contributed by atoms with Crippen molar-refractivity contribution in [3.05, 3.63) is 73.1 Å². The Bertz CT molecular complexity index is 644. The van der Waals surface area contributed by atoms with Crippen molar-refractivity contribution in [2.75, 3.05) is 10.6 Å². The lowest BCUT2D eigenvalue weighted by Gasteiger charge is -2.24. The van der Waals surface area contributed by atoms with E-state index in [0.29, 0.717) is 5.69 Å². The van der Waals surface area contributed by atoms with E-state index >= 15 is 0 Å². The zero-order valence-corrected chi connectivity index (χ0v) is 10.8. The first-order chi connectivity index (χ1) is 9.86. The Labute approximate surface area is 117 Å². The van der Waals surface area contributed by atoms with Crippen LogP contribution in [0.1, 0.15) is 0 Å². The summed E-state index contributed by atoms with van der Waals surface area (Å²) in [5.41, 5.74) is 7.65. The van der Waals surface area contributed by atoms with Crippen LogP contribution in [-0.4, -0.2) is 9.97 Å². The molecule has 0 aliphatic carbocycles. The van der Waals surface area contributed by atoms with Crippen molar-refractivity contribution in [2.24, 2.45) is 0 Å². The molecule has 3 rings (SSSR count). The number of para-hydroxylation sites is 2. The number of hydrogen-bond donors (Lipinski definition) is 1. The van der Waals surface area contributed by atoms with Crippen LogP contribution in [0.25, 0.3) is 0 Å². The van der Waals surface area contributed by atoms with E-state index < -0.39 is 0 Å². The van der Waals surface area contributed by atoms with Crippen molar-refractivity contribution in [1.82, 2.24) is 9.97 Å². The van der Waals surface area contributed by atoms with Crippen LogP contribution in [0.5, 0.6) is 0 Å². The predicted octanol–water partition coefficient (Wildman–Crippen LogP) is 3.53. The topological polar surface area (TPSA) is 55.0 Å². The first-order valence-electron chi connectivity index (χ1n) is 6.33. The van der Waals surface area contributed by atoms with Gasteiger partial charge in [-0.25, -0.2) is 9.97 Å². The van der Waals surface area contributed by atoms with Crippen LogP contribution in [0.2, 0.25) is 0 Å². The van der Waals surface area contributed by atoms with Crippen LogP contribution >= 0.6 is 0 Å². The molecule has 2 heterocycles. The number of nitrogen functional groups attached to an aromatic ring is 1. The molecule has 0 spiro atoms. The van der Waals surface area contributed by atoms with Crippen LogP contribution in [0.4, 0.5) is 23.0 Å². The van der Waals surface area contributed by atoms with Gasteiger partial charge in [0.2, 0.25) is 0 Å². The van der Waals surface area contributed by atoms with Gasteiger partial charge in [-0.05, 0) is 36.4 Å². The lowest BCUT2D eigenvalue weighted by molar-refractivity contribution is 1.13. The van der Waals surface area contributed by atoms with E-state index in [4.69, 9.17) is 5.73 Å². The summed E-state index contributed by atoms with van der Waals surface area (Å²) in [5, 5.41) is 0. The third-order valence-electron chi connectivity index (χ3n) is 2.93. The molecule has 1 aromatic carbocycles. The Morgan fingerprint density at radius 1 is 0.700 bits per heavy atom. The highest BCUT2D eigenvalue weighted by atomic mass is 15.2. The second-order valence-corrected chi connectivity index (χ2v) is 4.27. The van der Waals surface area contributed by atoms with Crippen LogP contribution in [-0.2, 0) is 0 Å². The fourth-order valence-electron chi connectivity index (χ4n) is 2.03. The van der Waals surface area contributed by atoms with E-state index in [2.05, 4.69) is 9.97 Å². The standard InChI is InChI=1S/C16H14N4/c17-13-7-1-2-8-14(13)20(15-9-3-5-11-18-15)16-10-4-6-12-19-16/h1-12H,17H2. The second-order valence-electron chi connectivity index (χ2n) is 4.27. The van der Waals surface area contributed by atoms with Gasteiger partial charge in [0.1, 0.15) is 11.6 Å².